The Kier molecular flexibility index (Phi) is 5.65. The first-order valence-electron chi connectivity index (χ1n) is 9.17. The Hall–Kier alpha value is -3.88. The predicted octanol–water partition coefficient (Wildman–Crippen LogP) is 2.23. The molecule has 0 aliphatic rings. The van der Waals surface area contributed by atoms with Crippen LogP contribution in [0.4, 0.5) is 5.82 Å². The molecular weight excluding hydrogens is 372 g/mol. The molecule has 4 aromatic rings. The highest BCUT2D eigenvalue weighted by Crippen LogP contribution is 2.19. The second kappa shape index (κ2) is 8.87. The van der Waals surface area contributed by atoms with Crippen LogP contribution >= 0.6 is 0 Å². The first-order chi connectivity index (χ1) is 14.3. The van der Waals surface area contributed by atoms with Gasteiger partial charge in [0.25, 0.3) is 5.91 Å². The Balaban J connectivity index is 1.30. The standard InChI is InChI=1S/C20H20N6O3/c27-18(13-29-15-5-2-1-3-6-15)21-8-9-26-20-17(12-25-26)19(23-14-24-20)22-11-16-7-4-10-28-16/h1-7,10,12,14H,8-9,11,13H2,(H,21,27)(H,22,23,24). The number of rotatable bonds is 9. The van der Waals surface area contributed by atoms with E-state index in [4.69, 9.17) is 9.15 Å². The van der Waals surface area contributed by atoms with Crippen molar-refractivity contribution in [2.75, 3.05) is 18.5 Å². The first kappa shape index (κ1) is 18.5. The number of benzene rings is 1. The summed E-state index contributed by atoms with van der Waals surface area (Å²) in [4.78, 5) is 20.5. The van der Waals surface area contributed by atoms with Crippen LogP contribution in [0.25, 0.3) is 11.0 Å². The summed E-state index contributed by atoms with van der Waals surface area (Å²) in [6.07, 6.45) is 4.82. The molecule has 1 aromatic carbocycles. The van der Waals surface area contributed by atoms with Gasteiger partial charge in [0.05, 0.1) is 30.9 Å². The third-order valence-electron chi connectivity index (χ3n) is 4.20. The third-order valence-corrected chi connectivity index (χ3v) is 4.20. The zero-order valence-electron chi connectivity index (χ0n) is 15.6. The molecule has 0 bridgehead atoms. The molecule has 0 atom stereocenters. The van der Waals surface area contributed by atoms with Crippen LogP contribution in [0, 0.1) is 0 Å². The van der Waals surface area contributed by atoms with E-state index in [0.717, 1.165) is 11.1 Å². The SMILES string of the molecule is O=C(COc1ccccc1)NCCn1ncc2c(NCc3ccco3)ncnc21. The molecule has 0 aliphatic heterocycles. The molecule has 0 radical (unpaired) electrons. The molecule has 0 saturated carbocycles. The summed E-state index contributed by atoms with van der Waals surface area (Å²) < 4.78 is 12.5. The van der Waals surface area contributed by atoms with Gasteiger partial charge in [-0.25, -0.2) is 14.6 Å². The van der Waals surface area contributed by atoms with E-state index in [1.54, 1.807) is 29.3 Å². The van der Waals surface area contributed by atoms with Crippen LogP contribution in [-0.4, -0.2) is 38.8 Å². The number of nitrogens with one attached hydrogen (secondary N) is 2. The van der Waals surface area contributed by atoms with E-state index >= 15 is 0 Å². The van der Waals surface area contributed by atoms with E-state index in [9.17, 15) is 4.79 Å². The maximum Gasteiger partial charge on any atom is 0.258 e. The minimum Gasteiger partial charge on any atom is -0.484 e. The number of hydrogen-bond donors (Lipinski definition) is 2. The van der Waals surface area contributed by atoms with Crippen molar-refractivity contribution >= 4 is 22.8 Å². The molecule has 0 unspecified atom stereocenters. The largest absolute Gasteiger partial charge is 0.484 e. The van der Waals surface area contributed by atoms with Crippen molar-refractivity contribution in [3.63, 3.8) is 0 Å². The van der Waals surface area contributed by atoms with Crippen LogP contribution in [0.1, 0.15) is 5.76 Å². The van der Waals surface area contributed by atoms with E-state index in [-0.39, 0.29) is 12.5 Å². The molecule has 3 heterocycles. The molecule has 29 heavy (non-hydrogen) atoms. The summed E-state index contributed by atoms with van der Waals surface area (Å²) in [5.41, 5.74) is 0.691. The third kappa shape index (κ3) is 4.70. The molecule has 2 N–H and O–H groups in total. The lowest BCUT2D eigenvalue weighted by Crippen LogP contribution is -2.31. The van der Waals surface area contributed by atoms with E-state index in [1.165, 1.54) is 6.33 Å². The number of aromatic nitrogens is 4. The van der Waals surface area contributed by atoms with Crippen molar-refractivity contribution in [1.82, 2.24) is 25.1 Å². The van der Waals surface area contributed by atoms with Gasteiger partial charge in [-0.3, -0.25) is 4.79 Å². The lowest BCUT2D eigenvalue weighted by Gasteiger charge is -2.08. The Morgan fingerprint density at radius 1 is 1.14 bits per heavy atom. The van der Waals surface area contributed by atoms with Crippen LogP contribution in [0.15, 0.2) is 65.7 Å². The van der Waals surface area contributed by atoms with Gasteiger partial charge in [0.15, 0.2) is 12.3 Å². The molecule has 0 aliphatic carbocycles. The summed E-state index contributed by atoms with van der Waals surface area (Å²) in [5, 5.41) is 11.2. The van der Waals surface area contributed by atoms with Crippen molar-refractivity contribution in [1.29, 1.82) is 0 Å². The first-order valence-corrected chi connectivity index (χ1v) is 9.17. The van der Waals surface area contributed by atoms with Crippen LogP contribution in [0.5, 0.6) is 5.75 Å². The summed E-state index contributed by atoms with van der Waals surface area (Å²) in [6, 6.07) is 12.9. The van der Waals surface area contributed by atoms with E-state index in [2.05, 4.69) is 25.7 Å². The fraction of sp³-hybridized carbons (Fsp3) is 0.200. The quantitative estimate of drug-likeness (QED) is 0.450. The van der Waals surface area contributed by atoms with Crippen molar-refractivity contribution in [2.24, 2.45) is 0 Å². The molecule has 3 aromatic heterocycles. The highest BCUT2D eigenvalue weighted by molar-refractivity contribution is 5.86. The zero-order valence-corrected chi connectivity index (χ0v) is 15.6. The second-order valence-electron chi connectivity index (χ2n) is 6.21. The fourth-order valence-electron chi connectivity index (χ4n) is 2.80. The van der Waals surface area contributed by atoms with Crippen LogP contribution in [0.3, 0.4) is 0 Å². The van der Waals surface area contributed by atoms with Gasteiger partial charge in [0.2, 0.25) is 0 Å². The minimum absolute atomic E-state index is 0.0348. The van der Waals surface area contributed by atoms with Gasteiger partial charge in [-0.2, -0.15) is 5.10 Å². The maximum atomic E-state index is 11.9. The van der Waals surface area contributed by atoms with Gasteiger partial charge in [-0.15, -0.1) is 0 Å². The number of furan rings is 1. The summed E-state index contributed by atoms with van der Waals surface area (Å²) >= 11 is 0. The van der Waals surface area contributed by atoms with Gasteiger partial charge < -0.3 is 19.8 Å². The lowest BCUT2D eigenvalue weighted by molar-refractivity contribution is -0.123. The highest BCUT2D eigenvalue weighted by atomic mass is 16.5. The van der Waals surface area contributed by atoms with Crippen molar-refractivity contribution in [2.45, 2.75) is 13.1 Å². The number of carbonyl (C=O) groups is 1. The van der Waals surface area contributed by atoms with E-state index in [0.29, 0.717) is 36.8 Å². The number of amides is 1. The van der Waals surface area contributed by atoms with Crippen molar-refractivity contribution in [3.05, 3.63) is 67.0 Å². The van der Waals surface area contributed by atoms with E-state index < -0.39 is 0 Å². The molecule has 4 rings (SSSR count). The number of carbonyl (C=O) groups excluding carboxylic acids is 1. The predicted molar refractivity (Wildman–Crippen MR) is 106 cm³/mol. The average molecular weight is 392 g/mol. The van der Waals surface area contributed by atoms with Crippen molar-refractivity contribution in [3.8, 4) is 5.75 Å². The number of hydrogen-bond acceptors (Lipinski definition) is 7. The number of nitrogens with zero attached hydrogens (tertiary/aromatic N) is 4. The highest BCUT2D eigenvalue weighted by Gasteiger charge is 2.10. The summed E-state index contributed by atoms with van der Waals surface area (Å²) in [5.74, 6) is 1.95. The molecule has 9 nitrogen and oxygen atoms in total. The monoisotopic (exact) mass is 392 g/mol. The maximum absolute atomic E-state index is 11.9. The zero-order chi connectivity index (χ0) is 19.9. The van der Waals surface area contributed by atoms with Crippen LogP contribution in [0.2, 0.25) is 0 Å². The number of fused-ring (bicyclic) bond motifs is 1. The Morgan fingerprint density at radius 2 is 2.03 bits per heavy atom. The fourth-order valence-corrected chi connectivity index (χ4v) is 2.80. The molecular formula is C20H20N6O3. The Morgan fingerprint density at radius 3 is 2.86 bits per heavy atom. The number of anilines is 1. The molecule has 0 saturated heterocycles. The van der Waals surface area contributed by atoms with Crippen LogP contribution in [-0.2, 0) is 17.9 Å². The average Bonchev–Trinajstić information content (AvgIpc) is 3.42. The molecule has 0 spiro atoms. The molecule has 0 fully saturated rings. The van der Waals surface area contributed by atoms with Crippen molar-refractivity contribution < 1.29 is 13.9 Å². The Labute approximate surface area is 166 Å². The van der Waals surface area contributed by atoms with Gasteiger partial charge >= 0.3 is 0 Å². The normalized spacial score (nSPS) is 10.8. The second-order valence-corrected chi connectivity index (χ2v) is 6.21. The van der Waals surface area contributed by atoms with E-state index in [1.807, 2.05) is 30.3 Å². The minimum atomic E-state index is -0.194. The lowest BCUT2D eigenvalue weighted by atomic mass is 10.3. The molecule has 9 heteroatoms. The van der Waals surface area contributed by atoms with Gasteiger partial charge in [-0.1, -0.05) is 18.2 Å². The van der Waals surface area contributed by atoms with Gasteiger partial charge in [-0.05, 0) is 24.3 Å². The van der Waals surface area contributed by atoms with Crippen LogP contribution < -0.4 is 15.4 Å². The van der Waals surface area contributed by atoms with Gasteiger partial charge in [0, 0.05) is 6.54 Å². The summed E-state index contributed by atoms with van der Waals surface area (Å²) in [7, 11) is 0. The Bertz CT molecular complexity index is 1060. The number of ether oxygens (including phenoxy) is 1. The summed E-state index contributed by atoms with van der Waals surface area (Å²) in [6.45, 7) is 1.37. The van der Waals surface area contributed by atoms with Gasteiger partial charge in [0.1, 0.15) is 23.7 Å². The molecule has 1 amide bonds. The topological polar surface area (TPSA) is 107 Å². The number of para-hydroxylation sites is 1. The molecule has 148 valence electrons. The smallest absolute Gasteiger partial charge is 0.258 e.